The minimum atomic E-state index is -0.600. The van der Waals surface area contributed by atoms with Crippen LogP contribution in [0.2, 0.25) is 0 Å². The van der Waals surface area contributed by atoms with Crippen molar-refractivity contribution in [3.05, 3.63) is 49.7 Å². The van der Waals surface area contributed by atoms with Crippen LogP contribution in [0.5, 0.6) is 0 Å². The first-order valence-corrected chi connectivity index (χ1v) is 6.44. The van der Waals surface area contributed by atoms with Crippen LogP contribution in [0.15, 0.2) is 17.5 Å². The molecule has 1 heterocycles. The van der Waals surface area contributed by atoms with Gasteiger partial charge in [-0.2, -0.15) is 0 Å². The van der Waals surface area contributed by atoms with Gasteiger partial charge in [-0.15, -0.1) is 11.3 Å². The van der Waals surface area contributed by atoms with Gasteiger partial charge in [-0.25, -0.2) is 9.37 Å². The second-order valence-corrected chi connectivity index (χ2v) is 5.15. The van der Waals surface area contributed by atoms with E-state index < -0.39 is 10.7 Å². The lowest BCUT2D eigenvalue weighted by Gasteiger charge is -2.07. The molecule has 0 amide bonds. The lowest BCUT2D eigenvalue weighted by Crippen LogP contribution is -2.04. The zero-order valence-electron chi connectivity index (χ0n) is 10.4. The van der Waals surface area contributed by atoms with Crippen molar-refractivity contribution in [2.24, 2.45) is 0 Å². The molecule has 0 saturated heterocycles. The molecule has 0 unspecified atom stereocenters. The third-order valence-electron chi connectivity index (χ3n) is 2.60. The van der Waals surface area contributed by atoms with Crippen LogP contribution >= 0.6 is 11.3 Å². The molecule has 0 fully saturated rings. The van der Waals surface area contributed by atoms with Gasteiger partial charge in [0.25, 0.3) is 5.69 Å². The van der Waals surface area contributed by atoms with Crippen molar-refractivity contribution < 1.29 is 9.31 Å². The SMILES string of the molecule is Cc1nc(CNc2cc(C)c(F)cc2[N+](=O)[O-])cs1. The van der Waals surface area contributed by atoms with Gasteiger partial charge in [-0.1, -0.05) is 0 Å². The highest BCUT2D eigenvalue weighted by atomic mass is 32.1. The number of nitrogens with zero attached hydrogens (tertiary/aromatic N) is 2. The minimum absolute atomic E-state index is 0.268. The Labute approximate surface area is 113 Å². The van der Waals surface area contributed by atoms with Gasteiger partial charge in [0, 0.05) is 5.38 Å². The van der Waals surface area contributed by atoms with E-state index >= 15 is 0 Å². The fourth-order valence-electron chi connectivity index (χ4n) is 1.64. The minimum Gasteiger partial charge on any atom is -0.374 e. The van der Waals surface area contributed by atoms with E-state index in [2.05, 4.69) is 10.3 Å². The average Bonchev–Trinajstić information content (AvgIpc) is 2.76. The highest BCUT2D eigenvalue weighted by molar-refractivity contribution is 7.09. The molecule has 0 radical (unpaired) electrons. The molecule has 0 atom stereocenters. The number of nitro benzene ring substituents is 1. The highest BCUT2D eigenvalue weighted by Gasteiger charge is 2.17. The maximum absolute atomic E-state index is 13.3. The first kappa shape index (κ1) is 13.4. The number of thiazole rings is 1. The monoisotopic (exact) mass is 281 g/mol. The Bertz CT molecular complexity index is 627. The normalized spacial score (nSPS) is 10.5. The third-order valence-corrected chi connectivity index (χ3v) is 3.42. The second kappa shape index (κ2) is 5.31. The van der Waals surface area contributed by atoms with E-state index in [0.29, 0.717) is 17.8 Å². The fraction of sp³-hybridized carbons (Fsp3) is 0.250. The standard InChI is InChI=1S/C12H12FN3O2S/c1-7-3-11(12(16(17)18)4-10(7)13)14-5-9-6-19-8(2)15-9/h3-4,6,14H,5H2,1-2H3. The number of rotatable bonds is 4. The van der Waals surface area contributed by atoms with E-state index in [1.165, 1.54) is 17.4 Å². The Morgan fingerprint density at radius 3 is 2.79 bits per heavy atom. The predicted octanol–water partition coefficient (Wildman–Crippen LogP) is 3.42. The molecular weight excluding hydrogens is 269 g/mol. The van der Waals surface area contributed by atoms with Crippen LogP contribution in [-0.4, -0.2) is 9.91 Å². The summed E-state index contributed by atoms with van der Waals surface area (Å²) >= 11 is 1.51. The van der Waals surface area contributed by atoms with Gasteiger partial charge in [0.05, 0.1) is 28.2 Å². The summed E-state index contributed by atoms with van der Waals surface area (Å²) in [4.78, 5) is 14.5. The molecule has 2 rings (SSSR count). The molecule has 0 aliphatic heterocycles. The van der Waals surface area contributed by atoms with E-state index in [0.717, 1.165) is 16.8 Å². The number of benzene rings is 1. The van der Waals surface area contributed by atoms with Crippen LogP contribution in [0, 0.1) is 29.8 Å². The molecule has 7 heteroatoms. The topological polar surface area (TPSA) is 68.1 Å². The Balaban J connectivity index is 2.23. The quantitative estimate of drug-likeness (QED) is 0.688. The maximum atomic E-state index is 13.3. The largest absolute Gasteiger partial charge is 0.374 e. The molecule has 5 nitrogen and oxygen atoms in total. The van der Waals surface area contributed by atoms with Crippen molar-refractivity contribution in [1.29, 1.82) is 0 Å². The van der Waals surface area contributed by atoms with E-state index in [9.17, 15) is 14.5 Å². The summed E-state index contributed by atoms with van der Waals surface area (Å²) in [6.07, 6.45) is 0. The third kappa shape index (κ3) is 3.05. The molecule has 1 aromatic heterocycles. The van der Waals surface area contributed by atoms with Crippen molar-refractivity contribution in [3.8, 4) is 0 Å². The Morgan fingerprint density at radius 1 is 1.47 bits per heavy atom. The fourth-order valence-corrected chi connectivity index (χ4v) is 2.25. The number of aromatic nitrogens is 1. The summed E-state index contributed by atoms with van der Waals surface area (Å²) < 4.78 is 13.3. The average molecular weight is 281 g/mol. The first-order chi connectivity index (χ1) is 8.97. The van der Waals surface area contributed by atoms with Crippen molar-refractivity contribution in [3.63, 3.8) is 0 Å². The Hall–Kier alpha value is -2.02. The summed E-state index contributed by atoms with van der Waals surface area (Å²) in [5.74, 6) is -0.582. The molecule has 1 N–H and O–H groups in total. The summed E-state index contributed by atoms with van der Waals surface area (Å²) in [5.41, 5.74) is 1.20. The number of hydrogen-bond acceptors (Lipinski definition) is 5. The summed E-state index contributed by atoms with van der Waals surface area (Å²) in [7, 11) is 0. The summed E-state index contributed by atoms with van der Waals surface area (Å²) in [5, 5.41) is 16.6. The van der Waals surface area contributed by atoms with Crippen molar-refractivity contribution >= 4 is 22.7 Å². The maximum Gasteiger partial charge on any atom is 0.295 e. The molecule has 19 heavy (non-hydrogen) atoms. The number of halogens is 1. The van der Waals surface area contributed by atoms with Gasteiger partial charge in [0.15, 0.2) is 0 Å². The van der Waals surface area contributed by atoms with Gasteiger partial charge in [-0.3, -0.25) is 10.1 Å². The first-order valence-electron chi connectivity index (χ1n) is 5.57. The lowest BCUT2D eigenvalue weighted by atomic mass is 10.1. The van der Waals surface area contributed by atoms with Gasteiger partial charge in [0.2, 0.25) is 0 Å². The highest BCUT2D eigenvalue weighted by Crippen LogP contribution is 2.28. The smallest absolute Gasteiger partial charge is 0.295 e. The second-order valence-electron chi connectivity index (χ2n) is 4.09. The molecule has 1 aromatic carbocycles. The van der Waals surface area contributed by atoms with Crippen LogP contribution < -0.4 is 5.32 Å². The number of aryl methyl sites for hydroxylation is 2. The molecule has 2 aromatic rings. The number of nitrogens with one attached hydrogen (secondary N) is 1. The van der Waals surface area contributed by atoms with Crippen LogP contribution in [-0.2, 0) is 6.54 Å². The van der Waals surface area contributed by atoms with Crippen LogP contribution in [0.3, 0.4) is 0 Å². The molecule has 0 aliphatic rings. The number of hydrogen-bond donors (Lipinski definition) is 1. The van der Waals surface area contributed by atoms with Crippen molar-refractivity contribution in [2.75, 3.05) is 5.32 Å². The van der Waals surface area contributed by atoms with Crippen LogP contribution in [0.4, 0.5) is 15.8 Å². The lowest BCUT2D eigenvalue weighted by molar-refractivity contribution is -0.384. The Morgan fingerprint density at radius 2 is 2.21 bits per heavy atom. The molecule has 0 spiro atoms. The van der Waals surface area contributed by atoms with Gasteiger partial charge >= 0.3 is 0 Å². The number of anilines is 1. The molecular formula is C12H12FN3O2S. The summed E-state index contributed by atoms with van der Waals surface area (Å²) in [6.45, 7) is 3.83. The van der Waals surface area contributed by atoms with Crippen molar-refractivity contribution in [1.82, 2.24) is 4.98 Å². The zero-order chi connectivity index (χ0) is 14.0. The molecule has 0 bridgehead atoms. The van der Waals surface area contributed by atoms with Crippen LogP contribution in [0.25, 0.3) is 0 Å². The van der Waals surface area contributed by atoms with Gasteiger partial charge in [0.1, 0.15) is 11.5 Å². The van der Waals surface area contributed by atoms with E-state index in [1.54, 1.807) is 6.92 Å². The van der Waals surface area contributed by atoms with E-state index in [4.69, 9.17) is 0 Å². The number of nitro groups is 1. The van der Waals surface area contributed by atoms with Gasteiger partial charge < -0.3 is 5.32 Å². The van der Waals surface area contributed by atoms with E-state index in [-0.39, 0.29) is 5.69 Å². The van der Waals surface area contributed by atoms with Crippen molar-refractivity contribution in [2.45, 2.75) is 20.4 Å². The molecule has 100 valence electrons. The van der Waals surface area contributed by atoms with E-state index in [1.807, 2.05) is 12.3 Å². The van der Waals surface area contributed by atoms with Gasteiger partial charge in [-0.05, 0) is 25.5 Å². The van der Waals surface area contributed by atoms with Crippen LogP contribution in [0.1, 0.15) is 16.3 Å². The predicted molar refractivity (Wildman–Crippen MR) is 72.0 cm³/mol. The molecule has 0 saturated carbocycles. The summed E-state index contributed by atoms with van der Waals surface area (Å²) in [6, 6.07) is 2.37. The molecule has 0 aliphatic carbocycles. The Kier molecular flexibility index (Phi) is 3.75. The zero-order valence-corrected chi connectivity index (χ0v) is 11.3.